The molecule has 0 unspecified atom stereocenters. The molecule has 4 nitrogen and oxygen atoms in total. The molecule has 0 radical (unpaired) electrons. The SMILES string of the molecule is Cc1ccc(COCc2ccccc2Cl)c(N2C(=N)SCC2=O)c1. The number of ether oxygens (including phenoxy) is 1. The number of halogens is 1. The molecule has 0 aliphatic carbocycles. The highest BCUT2D eigenvalue weighted by atomic mass is 35.5. The number of aryl methyl sites for hydroxylation is 1. The normalized spacial score (nSPS) is 14.5. The summed E-state index contributed by atoms with van der Waals surface area (Å²) in [5.41, 5.74) is 3.58. The molecule has 1 heterocycles. The summed E-state index contributed by atoms with van der Waals surface area (Å²) in [7, 11) is 0. The molecule has 0 saturated carbocycles. The van der Waals surface area contributed by atoms with Crippen LogP contribution in [0, 0.1) is 12.3 Å². The van der Waals surface area contributed by atoms with Gasteiger partial charge in [-0.05, 0) is 30.2 Å². The first-order valence-corrected chi connectivity index (χ1v) is 8.87. The third-order valence-corrected chi connectivity index (χ3v) is 4.96. The van der Waals surface area contributed by atoms with Crippen LogP contribution in [0.4, 0.5) is 5.69 Å². The molecule has 124 valence electrons. The van der Waals surface area contributed by atoms with Gasteiger partial charge in [-0.1, -0.05) is 53.7 Å². The first-order valence-electron chi connectivity index (χ1n) is 7.51. The summed E-state index contributed by atoms with van der Waals surface area (Å²) in [6.45, 7) is 2.71. The number of amidine groups is 1. The monoisotopic (exact) mass is 360 g/mol. The van der Waals surface area contributed by atoms with E-state index in [9.17, 15) is 4.79 Å². The third-order valence-electron chi connectivity index (χ3n) is 3.74. The molecule has 0 aromatic heterocycles. The summed E-state index contributed by atoms with van der Waals surface area (Å²) >= 11 is 7.38. The Labute approximate surface area is 150 Å². The Bertz CT molecular complexity index is 778. The van der Waals surface area contributed by atoms with Crippen LogP contribution in [0.3, 0.4) is 0 Å². The highest BCUT2D eigenvalue weighted by molar-refractivity contribution is 8.15. The number of nitrogens with one attached hydrogen (secondary N) is 1. The Morgan fingerprint density at radius 1 is 1.21 bits per heavy atom. The highest BCUT2D eigenvalue weighted by Crippen LogP contribution is 2.30. The maximum absolute atomic E-state index is 12.1. The van der Waals surface area contributed by atoms with Gasteiger partial charge in [0.25, 0.3) is 0 Å². The van der Waals surface area contributed by atoms with Crippen LogP contribution in [0.1, 0.15) is 16.7 Å². The van der Waals surface area contributed by atoms with Gasteiger partial charge in [0, 0.05) is 10.6 Å². The predicted molar refractivity (Wildman–Crippen MR) is 98.8 cm³/mol. The van der Waals surface area contributed by atoms with E-state index in [1.165, 1.54) is 16.7 Å². The minimum atomic E-state index is -0.0667. The van der Waals surface area contributed by atoms with Crippen LogP contribution < -0.4 is 4.90 Å². The zero-order chi connectivity index (χ0) is 17.1. The molecule has 2 aromatic carbocycles. The molecule has 0 spiro atoms. The van der Waals surface area contributed by atoms with Gasteiger partial charge in [0.15, 0.2) is 5.17 Å². The van der Waals surface area contributed by atoms with E-state index in [2.05, 4.69) is 0 Å². The van der Waals surface area contributed by atoms with Crippen LogP contribution in [0.5, 0.6) is 0 Å². The number of hydrogen-bond acceptors (Lipinski definition) is 4. The zero-order valence-corrected chi connectivity index (χ0v) is 14.8. The largest absolute Gasteiger partial charge is 0.372 e. The van der Waals surface area contributed by atoms with Crippen molar-refractivity contribution < 1.29 is 9.53 Å². The molecule has 1 N–H and O–H groups in total. The molecule has 24 heavy (non-hydrogen) atoms. The van der Waals surface area contributed by atoms with E-state index in [0.717, 1.165) is 22.4 Å². The molecule has 1 amide bonds. The predicted octanol–water partition coefficient (Wildman–Crippen LogP) is 4.38. The second-order valence-electron chi connectivity index (χ2n) is 5.54. The van der Waals surface area contributed by atoms with E-state index in [-0.39, 0.29) is 11.1 Å². The fourth-order valence-electron chi connectivity index (χ4n) is 2.51. The van der Waals surface area contributed by atoms with E-state index < -0.39 is 0 Å². The summed E-state index contributed by atoms with van der Waals surface area (Å²) in [6.07, 6.45) is 0. The summed E-state index contributed by atoms with van der Waals surface area (Å²) < 4.78 is 5.80. The average molecular weight is 361 g/mol. The van der Waals surface area contributed by atoms with E-state index in [1.807, 2.05) is 49.4 Å². The van der Waals surface area contributed by atoms with Crippen molar-refractivity contribution >= 4 is 40.1 Å². The van der Waals surface area contributed by atoms with E-state index in [4.69, 9.17) is 21.7 Å². The lowest BCUT2D eigenvalue weighted by molar-refractivity contribution is -0.115. The lowest BCUT2D eigenvalue weighted by Gasteiger charge is -2.20. The number of rotatable bonds is 5. The number of thioether (sulfide) groups is 1. The van der Waals surface area contributed by atoms with Crippen LogP contribution in [0.2, 0.25) is 5.02 Å². The molecular weight excluding hydrogens is 344 g/mol. The van der Waals surface area contributed by atoms with Crippen LogP contribution in [-0.4, -0.2) is 16.8 Å². The molecule has 0 atom stereocenters. The minimum absolute atomic E-state index is 0.0667. The van der Waals surface area contributed by atoms with Crippen molar-refractivity contribution in [2.75, 3.05) is 10.7 Å². The van der Waals surface area contributed by atoms with Crippen molar-refractivity contribution in [2.45, 2.75) is 20.1 Å². The van der Waals surface area contributed by atoms with Crippen LogP contribution in [0.25, 0.3) is 0 Å². The molecule has 3 rings (SSSR count). The summed E-state index contributed by atoms with van der Waals surface area (Å²) in [6, 6.07) is 13.4. The Balaban J connectivity index is 1.77. The number of nitrogens with zero attached hydrogens (tertiary/aromatic N) is 1. The number of benzene rings is 2. The van der Waals surface area contributed by atoms with Gasteiger partial charge in [0.05, 0.1) is 24.7 Å². The molecule has 1 aliphatic rings. The number of amides is 1. The number of hydrogen-bond donors (Lipinski definition) is 1. The van der Waals surface area contributed by atoms with Gasteiger partial charge in [0.1, 0.15) is 0 Å². The van der Waals surface area contributed by atoms with Crippen molar-refractivity contribution in [2.24, 2.45) is 0 Å². The fourth-order valence-corrected chi connectivity index (χ4v) is 3.42. The fraction of sp³-hybridized carbons (Fsp3) is 0.222. The van der Waals surface area contributed by atoms with E-state index in [0.29, 0.717) is 24.0 Å². The van der Waals surface area contributed by atoms with Crippen molar-refractivity contribution in [1.82, 2.24) is 0 Å². The van der Waals surface area contributed by atoms with Crippen molar-refractivity contribution in [3.05, 3.63) is 64.2 Å². The first-order chi connectivity index (χ1) is 11.6. The Hall–Kier alpha value is -1.82. The summed E-state index contributed by atoms with van der Waals surface area (Å²) in [5.74, 6) is 0.245. The maximum Gasteiger partial charge on any atom is 0.243 e. The second kappa shape index (κ2) is 7.38. The molecule has 1 saturated heterocycles. The van der Waals surface area contributed by atoms with Gasteiger partial charge < -0.3 is 4.74 Å². The second-order valence-corrected chi connectivity index (χ2v) is 6.91. The van der Waals surface area contributed by atoms with Gasteiger partial charge in [-0.2, -0.15) is 0 Å². The first kappa shape index (κ1) is 17.0. The van der Waals surface area contributed by atoms with Crippen LogP contribution >= 0.6 is 23.4 Å². The molecule has 6 heteroatoms. The third kappa shape index (κ3) is 3.64. The maximum atomic E-state index is 12.1. The van der Waals surface area contributed by atoms with Crippen molar-refractivity contribution in [1.29, 1.82) is 5.41 Å². The molecular formula is C18H17ClN2O2S. The Morgan fingerprint density at radius 2 is 1.96 bits per heavy atom. The zero-order valence-electron chi connectivity index (χ0n) is 13.2. The minimum Gasteiger partial charge on any atom is -0.372 e. The van der Waals surface area contributed by atoms with Gasteiger partial charge >= 0.3 is 0 Å². The van der Waals surface area contributed by atoms with E-state index >= 15 is 0 Å². The molecule has 1 aliphatic heterocycles. The number of anilines is 1. The van der Waals surface area contributed by atoms with Crippen LogP contribution in [0.15, 0.2) is 42.5 Å². The quantitative estimate of drug-likeness (QED) is 0.860. The van der Waals surface area contributed by atoms with Gasteiger partial charge in [-0.3, -0.25) is 15.1 Å². The topological polar surface area (TPSA) is 53.4 Å². The number of carbonyl (C=O) groups is 1. The smallest absolute Gasteiger partial charge is 0.243 e. The molecule has 0 bridgehead atoms. The number of carbonyl (C=O) groups excluding carboxylic acids is 1. The molecule has 1 fully saturated rings. The van der Waals surface area contributed by atoms with Gasteiger partial charge in [-0.15, -0.1) is 0 Å². The summed E-state index contributed by atoms with van der Waals surface area (Å²) in [5, 5.41) is 8.93. The Kier molecular flexibility index (Phi) is 5.23. The molecule has 2 aromatic rings. The average Bonchev–Trinajstić information content (AvgIpc) is 2.89. The van der Waals surface area contributed by atoms with E-state index in [1.54, 1.807) is 0 Å². The lowest BCUT2D eigenvalue weighted by Crippen LogP contribution is -2.29. The van der Waals surface area contributed by atoms with Crippen LogP contribution in [-0.2, 0) is 22.7 Å². The lowest BCUT2D eigenvalue weighted by atomic mass is 10.1. The van der Waals surface area contributed by atoms with Crippen molar-refractivity contribution in [3.8, 4) is 0 Å². The van der Waals surface area contributed by atoms with Crippen molar-refractivity contribution in [3.63, 3.8) is 0 Å². The highest BCUT2D eigenvalue weighted by Gasteiger charge is 2.30. The standard InChI is InChI=1S/C18H17ClN2O2S/c1-12-6-7-14(10-23-9-13-4-2-3-5-15(13)19)16(8-12)21-17(22)11-24-18(21)20/h2-8,20H,9-11H2,1H3. The summed E-state index contributed by atoms with van der Waals surface area (Å²) in [4.78, 5) is 13.6. The van der Waals surface area contributed by atoms with Gasteiger partial charge in [-0.25, -0.2) is 0 Å². The Morgan fingerprint density at radius 3 is 2.67 bits per heavy atom. The van der Waals surface area contributed by atoms with Gasteiger partial charge in [0.2, 0.25) is 5.91 Å².